The van der Waals surface area contributed by atoms with E-state index >= 15 is 0 Å². The number of thiophene rings is 1. The summed E-state index contributed by atoms with van der Waals surface area (Å²) in [5.41, 5.74) is 1.53. The van der Waals surface area contributed by atoms with Gasteiger partial charge >= 0.3 is 0 Å². The molecule has 18 heavy (non-hydrogen) atoms. The second-order valence-electron chi connectivity index (χ2n) is 4.31. The summed E-state index contributed by atoms with van der Waals surface area (Å²) in [5, 5.41) is 3.23. The second-order valence-corrected chi connectivity index (χ2v) is 5.54. The summed E-state index contributed by atoms with van der Waals surface area (Å²) in [7, 11) is 1.61. The smallest absolute Gasteiger partial charge is 0.223 e. The molecule has 1 N–H and O–H groups in total. The van der Waals surface area contributed by atoms with E-state index in [0.29, 0.717) is 11.7 Å². The standard InChI is InChI=1S/C13H15N3OS/c1-17-10-6-14-13(15-7-10)16-8-11-5-9-3-2-4-12(9)18-11/h5-7H,2-4,8H2,1H3,(H,14,15,16). The highest BCUT2D eigenvalue weighted by molar-refractivity contribution is 7.12. The van der Waals surface area contributed by atoms with Crippen molar-refractivity contribution in [3.63, 3.8) is 0 Å². The van der Waals surface area contributed by atoms with Crippen molar-refractivity contribution in [3.05, 3.63) is 33.8 Å². The maximum atomic E-state index is 5.02. The summed E-state index contributed by atoms with van der Waals surface area (Å²) in [6, 6.07) is 2.31. The number of ether oxygens (including phenoxy) is 1. The van der Waals surface area contributed by atoms with Crippen LogP contribution in [0.4, 0.5) is 5.95 Å². The van der Waals surface area contributed by atoms with Crippen molar-refractivity contribution >= 4 is 17.3 Å². The SMILES string of the molecule is COc1cnc(NCc2cc3c(s2)CCC3)nc1. The van der Waals surface area contributed by atoms with Crippen LogP contribution in [0.5, 0.6) is 5.75 Å². The first-order valence-electron chi connectivity index (χ1n) is 6.05. The topological polar surface area (TPSA) is 47.0 Å². The molecule has 3 rings (SSSR count). The summed E-state index contributed by atoms with van der Waals surface area (Å²) >= 11 is 1.91. The first-order valence-corrected chi connectivity index (χ1v) is 6.87. The third kappa shape index (κ3) is 2.31. The van der Waals surface area contributed by atoms with Crippen LogP contribution in [-0.2, 0) is 19.4 Å². The normalized spacial score (nSPS) is 13.4. The van der Waals surface area contributed by atoms with Crippen LogP contribution in [0.15, 0.2) is 18.5 Å². The number of fused-ring (bicyclic) bond motifs is 1. The van der Waals surface area contributed by atoms with Gasteiger partial charge in [-0.1, -0.05) is 0 Å². The van der Waals surface area contributed by atoms with E-state index < -0.39 is 0 Å². The molecule has 1 aliphatic rings. The maximum absolute atomic E-state index is 5.02. The molecular weight excluding hydrogens is 246 g/mol. The van der Waals surface area contributed by atoms with Gasteiger partial charge in [0, 0.05) is 9.75 Å². The summed E-state index contributed by atoms with van der Waals surface area (Å²) < 4.78 is 5.02. The first kappa shape index (κ1) is 11.5. The molecule has 4 nitrogen and oxygen atoms in total. The average Bonchev–Trinajstić information content (AvgIpc) is 2.97. The van der Waals surface area contributed by atoms with Gasteiger partial charge in [-0.05, 0) is 30.9 Å². The van der Waals surface area contributed by atoms with Crippen molar-refractivity contribution in [3.8, 4) is 5.75 Å². The lowest BCUT2D eigenvalue weighted by atomic mass is 10.2. The highest BCUT2D eigenvalue weighted by atomic mass is 32.1. The molecule has 0 saturated carbocycles. The Morgan fingerprint density at radius 1 is 1.33 bits per heavy atom. The van der Waals surface area contributed by atoms with E-state index in [2.05, 4.69) is 21.4 Å². The molecule has 0 fully saturated rings. The number of hydrogen-bond acceptors (Lipinski definition) is 5. The largest absolute Gasteiger partial charge is 0.494 e. The summed E-state index contributed by atoms with van der Waals surface area (Å²) in [5.74, 6) is 1.32. The predicted octanol–water partition coefficient (Wildman–Crippen LogP) is 2.65. The van der Waals surface area contributed by atoms with E-state index in [1.54, 1.807) is 24.4 Å². The van der Waals surface area contributed by atoms with Crippen molar-refractivity contribution < 1.29 is 4.74 Å². The Balaban J connectivity index is 1.62. The van der Waals surface area contributed by atoms with Gasteiger partial charge in [0.15, 0.2) is 5.75 Å². The number of anilines is 1. The van der Waals surface area contributed by atoms with Crippen LogP contribution >= 0.6 is 11.3 Å². The summed E-state index contributed by atoms with van der Waals surface area (Å²) in [6.45, 7) is 0.796. The van der Waals surface area contributed by atoms with E-state index in [0.717, 1.165) is 6.54 Å². The van der Waals surface area contributed by atoms with Gasteiger partial charge in [-0.15, -0.1) is 11.3 Å². The fourth-order valence-electron chi connectivity index (χ4n) is 2.16. The molecular formula is C13H15N3OS. The molecule has 0 atom stereocenters. The third-order valence-corrected chi connectivity index (χ3v) is 4.32. The lowest BCUT2D eigenvalue weighted by Gasteiger charge is -2.03. The number of hydrogen-bond donors (Lipinski definition) is 1. The van der Waals surface area contributed by atoms with Crippen LogP contribution in [0, 0.1) is 0 Å². The number of aryl methyl sites for hydroxylation is 2. The fourth-order valence-corrected chi connectivity index (χ4v) is 3.36. The molecule has 5 heteroatoms. The minimum absolute atomic E-state index is 0.643. The number of nitrogens with one attached hydrogen (secondary N) is 1. The van der Waals surface area contributed by atoms with Crippen molar-refractivity contribution in [2.24, 2.45) is 0 Å². The van der Waals surface area contributed by atoms with Crippen molar-refractivity contribution in [2.45, 2.75) is 25.8 Å². The Bertz CT molecular complexity index is 514. The lowest BCUT2D eigenvalue weighted by Crippen LogP contribution is -2.02. The number of rotatable bonds is 4. The molecule has 2 aromatic rings. The molecule has 2 heterocycles. The Morgan fingerprint density at radius 2 is 2.17 bits per heavy atom. The molecule has 0 aliphatic heterocycles. The van der Waals surface area contributed by atoms with Crippen LogP contribution in [-0.4, -0.2) is 17.1 Å². The Kier molecular flexibility index (Phi) is 3.15. The minimum Gasteiger partial charge on any atom is -0.494 e. The van der Waals surface area contributed by atoms with E-state index in [1.165, 1.54) is 29.7 Å². The molecule has 0 radical (unpaired) electrons. The van der Waals surface area contributed by atoms with Gasteiger partial charge in [-0.2, -0.15) is 0 Å². The zero-order chi connectivity index (χ0) is 12.4. The van der Waals surface area contributed by atoms with E-state index in [9.17, 15) is 0 Å². The molecule has 0 spiro atoms. The molecule has 1 aliphatic carbocycles. The van der Waals surface area contributed by atoms with E-state index in [1.807, 2.05) is 11.3 Å². The Hall–Kier alpha value is -1.62. The van der Waals surface area contributed by atoms with Gasteiger partial charge in [0.2, 0.25) is 5.95 Å². The number of methoxy groups -OCH3 is 1. The van der Waals surface area contributed by atoms with Gasteiger partial charge in [-0.3, -0.25) is 0 Å². The molecule has 2 aromatic heterocycles. The van der Waals surface area contributed by atoms with Crippen LogP contribution in [0.2, 0.25) is 0 Å². The van der Waals surface area contributed by atoms with Crippen molar-refractivity contribution in [2.75, 3.05) is 12.4 Å². The zero-order valence-corrected chi connectivity index (χ0v) is 11.1. The van der Waals surface area contributed by atoms with E-state index in [-0.39, 0.29) is 0 Å². The third-order valence-electron chi connectivity index (χ3n) is 3.08. The number of aromatic nitrogens is 2. The Labute approximate surface area is 110 Å². The fraction of sp³-hybridized carbons (Fsp3) is 0.385. The van der Waals surface area contributed by atoms with Gasteiger partial charge in [-0.25, -0.2) is 9.97 Å². The minimum atomic E-state index is 0.643. The maximum Gasteiger partial charge on any atom is 0.223 e. The van der Waals surface area contributed by atoms with Gasteiger partial charge in [0.1, 0.15) is 0 Å². The quantitative estimate of drug-likeness (QED) is 0.919. The molecule has 0 saturated heterocycles. The van der Waals surface area contributed by atoms with Crippen LogP contribution in [0.3, 0.4) is 0 Å². The molecule has 94 valence electrons. The molecule has 0 amide bonds. The summed E-state index contributed by atoms with van der Waals surface area (Å²) in [6.07, 6.45) is 7.15. The second kappa shape index (κ2) is 4.94. The highest BCUT2D eigenvalue weighted by Crippen LogP contribution is 2.30. The monoisotopic (exact) mass is 261 g/mol. The van der Waals surface area contributed by atoms with Crippen LogP contribution in [0.1, 0.15) is 21.7 Å². The lowest BCUT2D eigenvalue weighted by molar-refractivity contribution is 0.411. The molecule has 0 aromatic carbocycles. The first-order chi connectivity index (χ1) is 8.85. The highest BCUT2D eigenvalue weighted by Gasteiger charge is 2.14. The predicted molar refractivity (Wildman–Crippen MR) is 72.3 cm³/mol. The zero-order valence-electron chi connectivity index (χ0n) is 10.3. The number of nitrogens with zero attached hydrogens (tertiary/aromatic N) is 2. The van der Waals surface area contributed by atoms with E-state index in [4.69, 9.17) is 4.74 Å². The van der Waals surface area contributed by atoms with Crippen molar-refractivity contribution in [1.82, 2.24) is 9.97 Å². The molecule has 0 unspecified atom stereocenters. The molecule has 0 bridgehead atoms. The van der Waals surface area contributed by atoms with Gasteiger partial charge in [0.25, 0.3) is 0 Å². The summed E-state index contributed by atoms with van der Waals surface area (Å²) in [4.78, 5) is 11.3. The van der Waals surface area contributed by atoms with Gasteiger partial charge in [0.05, 0.1) is 26.0 Å². The van der Waals surface area contributed by atoms with Crippen LogP contribution < -0.4 is 10.1 Å². The van der Waals surface area contributed by atoms with Crippen molar-refractivity contribution in [1.29, 1.82) is 0 Å². The average molecular weight is 261 g/mol. The van der Waals surface area contributed by atoms with Crippen LogP contribution in [0.25, 0.3) is 0 Å². The van der Waals surface area contributed by atoms with Gasteiger partial charge < -0.3 is 10.1 Å². The Morgan fingerprint density at radius 3 is 2.89 bits per heavy atom.